The van der Waals surface area contributed by atoms with Crippen molar-refractivity contribution in [3.05, 3.63) is 29.8 Å². The van der Waals surface area contributed by atoms with Gasteiger partial charge in [0, 0.05) is 12.0 Å². The Kier molecular flexibility index (Phi) is 5.20. The molecule has 0 bridgehead atoms. The third kappa shape index (κ3) is 4.48. The van der Waals surface area contributed by atoms with Crippen molar-refractivity contribution < 1.29 is 14.3 Å². The second-order valence-electron chi connectivity index (χ2n) is 5.59. The quantitative estimate of drug-likeness (QED) is 0.877. The number of amides is 2. The second kappa shape index (κ2) is 7.11. The Hall–Kier alpha value is -2.04. The fraction of sp³-hybridized carbons (Fsp3) is 0.500. The van der Waals surface area contributed by atoms with E-state index in [1.54, 1.807) is 0 Å². The van der Waals surface area contributed by atoms with Crippen molar-refractivity contribution >= 4 is 11.8 Å². The van der Waals surface area contributed by atoms with Crippen LogP contribution >= 0.6 is 0 Å². The molecule has 1 aliphatic heterocycles. The van der Waals surface area contributed by atoms with Crippen molar-refractivity contribution in [3.63, 3.8) is 0 Å². The van der Waals surface area contributed by atoms with Crippen LogP contribution in [-0.2, 0) is 16.0 Å². The number of carbonyl (C=O) groups excluding carboxylic acids is 2. The number of hydrogen-bond donors (Lipinski definition) is 2. The maximum atomic E-state index is 12.2. The van der Waals surface area contributed by atoms with Crippen molar-refractivity contribution in [3.8, 4) is 5.75 Å². The molecular formula is C16H22N2O3. The number of fused-ring (bicyclic) bond motifs is 1. The lowest BCUT2D eigenvalue weighted by molar-refractivity contribution is -0.128. The summed E-state index contributed by atoms with van der Waals surface area (Å²) in [7, 11) is 0. The summed E-state index contributed by atoms with van der Waals surface area (Å²) in [4.78, 5) is 23.8. The number of rotatable bonds is 4. The second-order valence-corrected chi connectivity index (χ2v) is 5.59. The minimum absolute atomic E-state index is 0.0238. The minimum atomic E-state index is -0.163. The van der Waals surface area contributed by atoms with Gasteiger partial charge in [-0.05, 0) is 38.3 Å². The molecule has 0 spiro atoms. The molecule has 0 saturated carbocycles. The normalized spacial score (nSPS) is 17.4. The van der Waals surface area contributed by atoms with Crippen LogP contribution in [0.1, 0.15) is 25.8 Å². The summed E-state index contributed by atoms with van der Waals surface area (Å²) in [5.41, 5.74) is 1.04. The lowest BCUT2D eigenvalue weighted by atomic mass is 9.96. The predicted molar refractivity (Wildman–Crippen MR) is 80.0 cm³/mol. The number of para-hydroxylation sites is 1. The first-order valence-corrected chi connectivity index (χ1v) is 7.34. The summed E-state index contributed by atoms with van der Waals surface area (Å²) in [5.74, 6) is 0.448. The first-order valence-electron chi connectivity index (χ1n) is 7.34. The van der Waals surface area contributed by atoms with Crippen LogP contribution in [0.2, 0.25) is 0 Å². The highest BCUT2D eigenvalue weighted by molar-refractivity contribution is 5.86. The molecule has 0 fully saturated rings. The monoisotopic (exact) mass is 290 g/mol. The molecule has 2 amide bonds. The maximum Gasteiger partial charge on any atom is 0.239 e. The van der Waals surface area contributed by atoms with Crippen molar-refractivity contribution in [2.45, 2.75) is 32.7 Å². The highest BCUT2D eigenvalue weighted by Gasteiger charge is 2.23. The van der Waals surface area contributed by atoms with Crippen LogP contribution in [0.5, 0.6) is 5.75 Å². The Balaban J connectivity index is 1.90. The van der Waals surface area contributed by atoms with Gasteiger partial charge in [0.1, 0.15) is 5.75 Å². The van der Waals surface area contributed by atoms with Gasteiger partial charge in [-0.25, -0.2) is 0 Å². The third-order valence-corrected chi connectivity index (χ3v) is 3.41. The zero-order valence-electron chi connectivity index (χ0n) is 12.5. The van der Waals surface area contributed by atoms with Gasteiger partial charge in [0.15, 0.2) is 0 Å². The molecule has 0 aromatic heterocycles. The Morgan fingerprint density at radius 3 is 2.86 bits per heavy atom. The molecule has 21 heavy (non-hydrogen) atoms. The number of nitrogens with one attached hydrogen (secondary N) is 2. The van der Waals surface area contributed by atoms with Gasteiger partial charge in [-0.2, -0.15) is 0 Å². The van der Waals surface area contributed by atoms with Gasteiger partial charge in [0.25, 0.3) is 0 Å². The molecule has 0 radical (unpaired) electrons. The van der Waals surface area contributed by atoms with Crippen LogP contribution in [0.25, 0.3) is 0 Å². The number of ether oxygens (including phenoxy) is 1. The Morgan fingerprint density at radius 1 is 1.33 bits per heavy atom. The lowest BCUT2D eigenvalue weighted by Crippen LogP contribution is -2.42. The molecular weight excluding hydrogens is 268 g/mol. The van der Waals surface area contributed by atoms with E-state index >= 15 is 0 Å². The fourth-order valence-corrected chi connectivity index (χ4v) is 2.40. The summed E-state index contributed by atoms with van der Waals surface area (Å²) in [6.45, 7) is 4.32. The first kappa shape index (κ1) is 15.4. The van der Waals surface area contributed by atoms with E-state index in [1.165, 1.54) is 0 Å². The summed E-state index contributed by atoms with van der Waals surface area (Å²) in [6.07, 6.45) is 1.31. The van der Waals surface area contributed by atoms with E-state index in [4.69, 9.17) is 4.74 Å². The van der Waals surface area contributed by atoms with E-state index in [1.807, 2.05) is 38.1 Å². The molecule has 1 aromatic carbocycles. The van der Waals surface area contributed by atoms with Crippen LogP contribution in [-0.4, -0.2) is 31.0 Å². The third-order valence-electron chi connectivity index (χ3n) is 3.41. The predicted octanol–water partition coefficient (Wildman–Crippen LogP) is 1.27. The SMILES string of the molecule is CC(C)NC(=O)CNC(=O)C1CCOc2ccccc2C1. The summed E-state index contributed by atoms with van der Waals surface area (Å²) < 4.78 is 5.65. The Bertz CT molecular complexity index is 514. The van der Waals surface area contributed by atoms with Crippen molar-refractivity contribution in [2.24, 2.45) is 5.92 Å². The number of benzene rings is 1. The van der Waals surface area contributed by atoms with Crippen LogP contribution < -0.4 is 15.4 Å². The molecule has 2 N–H and O–H groups in total. The smallest absolute Gasteiger partial charge is 0.239 e. The largest absolute Gasteiger partial charge is 0.493 e. The van der Waals surface area contributed by atoms with Crippen LogP contribution in [0.3, 0.4) is 0 Å². The molecule has 0 aliphatic carbocycles. The van der Waals surface area contributed by atoms with E-state index in [0.29, 0.717) is 19.4 Å². The van der Waals surface area contributed by atoms with Gasteiger partial charge < -0.3 is 15.4 Å². The van der Waals surface area contributed by atoms with Gasteiger partial charge in [0.2, 0.25) is 11.8 Å². The molecule has 1 atom stereocenters. The topological polar surface area (TPSA) is 67.4 Å². The molecule has 114 valence electrons. The van der Waals surface area contributed by atoms with Crippen LogP contribution in [0.15, 0.2) is 24.3 Å². The zero-order valence-corrected chi connectivity index (χ0v) is 12.5. The summed E-state index contributed by atoms with van der Waals surface area (Å²) in [5, 5.41) is 5.46. The fourth-order valence-electron chi connectivity index (χ4n) is 2.40. The average molecular weight is 290 g/mol. The molecule has 5 nitrogen and oxygen atoms in total. The Morgan fingerprint density at radius 2 is 2.10 bits per heavy atom. The van der Waals surface area contributed by atoms with Crippen molar-refractivity contribution in [1.82, 2.24) is 10.6 Å². The lowest BCUT2D eigenvalue weighted by Gasteiger charge is -2.14. The molecule has 1 aliphatic rings. The average Bonchev–Trinajstić information content (AvgIpc) is 2.66. The van der Waals surface area contributed by atoms with Crippen LogP contribution in [0, 0.1) is 5.92 Å². The number of carbonyl (C=O) groups is 2. The van der Waals surface area contributed by atoms with Gasteiger partial charge >= 0.3 is 0 Å². The molecule has 1 aromatic rings. The highest BCUT2D eigenvalue weighted by Crippen LogP contribution is 2.26. The minimum Gasteiger partial charge on any atom is -0.493 e. The highest BCUT2D eigenvalue weighted by atomic mass is 16.5. The van der Waals surface area contributed by atoms with E-state index in [2.05, 4.69) is 10.6 Å². The molecule has 0 saturated heterocycles. The summed E-state index contributed by atoms with van der Waals surface area (Å²) >= 11 is 0. The van der Waals surface area contributed by atoms with Crippen molar-refractivity contribution in [1.29, 1.82) is 0 Å². The molecule has 5 heteroatoms. The van der Waals surface area contributed by atoms with Gasteiger partial charge in [-0.3, -0.25) is 9.59 Å². The summed E-state index contributed by atoms with van der Waals surface area (Å²) in [6, 6.07) is 7.85. The van der Waals surface area contributed by atoms with Crippen LogP contribution in [0.4, 0.5) is 0 Å². The van der Waals surface area contributed by atoms with Gasteiger partial charge in [-0.15, -0.1) is 0 Å². The standard InChI is InChI=1S/C16H22N2O3/c1-11(2)18-15(19)10-17-16(20)13-7-8-21-14-6-4-3-5-12(14)9-13/h3-6,11,13H,7-10H2,1-2H3,(H,17,20)(H,18,19). The first-order chi connectivity index (χ1) is 10.1. The number of hydrogen-bond acceptors (Lipinski definition) is 3. The van der Waals surface area contributed by atoms with Crippen molar-refractivity contribution in [2.75, 3.05) is 13.2 Å². The zero-order chi connectivity index (χ0) is 15.2. The van der Waals surface area contributed by atoms with E-state index in [0.717, 1.165) is 11.3 Å². The molecule has 1 heterocycles. The molecule has 1 unspecified atom stereocenters. The van der Waals surface area contributed by atoms with E-state index < -0.39 is 0 Å². The van der Waals surface area contributed by atoms with Gasteiger partial charge in [0.05, 0.1) is 13.2 Å². The van der Waals surface area contributed by atoms with Gasteiger partial charge in [-0.1, -0.05) is 18.2 Å². The maximum absolute atomic E-state index is 12.2. The van der Waals surface area contributed by atoms with E-state index in [9.17, 15) is 9.59 Å². The molecule has 2 rings (SSSR count). The van der Waals surface area contributed by atoms with E-state index in [-0.39, 0.29) is 30.3 Å². The Labute approximate surface area is 125 Å².